The molecule has 102 valence electrons. The fourth-order valence-electron chi connectivity index (χ4n) is 2.78. The van der Waals surface area contributed by atoms with E-state index in [4.69, 9.17) is 9.15 Å². The van der Waals surface area contributed by atoms with Crippen LogP contribution in [0.3, 0.4) is 0 Å². The van der Waals surface area contributed by atoms with Crippen LogP contribution in [0.2, 0.25) is 0 Å². The molecule has 0 saturated carbocycles. The Morgan fingerprint density at radius 3 is 2.84 bits per heavy atom. The zero-order chi connectivity index (χ0) is 13.6. The molecule has 0 radical (unpaired) electrons. The van der Waals surface area contributed by atoms with Crippen molar-refractivity contribution in [2.24, 2.45) is 0 Å². The van der Waals surface area contributed by atoms with Gasteiger partial charge in [-0.05, 0) is 32.3 Å². The molecule has 2 aromatic rings. The van der Waals surface area contributed by atoms with Crippen LogP contribution in [0.25, 0.3) is 11.0 Å². The normalized spacial score (nSPS) is 18.4. The van der Waals surface area contributed by atoms with Crippen molar-refractivity contribution in [1.29, 1.82) is 0 Å². The third-order valence-electron chi connectivity index (χ3n) is 3.66. The highest BCUT2D eigenvalue weighted by Gasteiger charge is 2.29. The molecule has 1 aromatic heterocycles. The number of rotatable bonds is 2. The molecule has 0 spiro atoms. The molecule has 3 rings (SSSR count). The predicted molar refractivity (Wildman–Crippen MR) is 68.5 cm³/mol. The standard InChI is InChI=1S/C15H16F2O2/c1-3-4-9-5-6-10-11-7-8(2)18-15(11)13(17)12(16)14(10)19-9/h7,9H,3-6H2,1-2H3. The van der Waals surface area contributed by atoms with Crippen LogP contribution in [-0.2, 0) is 6.42 Å². The first kappa shape index (κ1) is 12.5. The molecule has 1 aliphatic heterocycles. The van der Waals surface area contributed by atoms with Gasteiger partial charge in [0.15, 0.2) is 11.3 Å². The molecular formula is C15H16F2O2. The molecule has 1 aromatic carbocycles. The molecule has 2 heterocycles. The summed E-state index contributed by atoms with van der Waals surface area (Å²) in [7, 11) is 0. The van der Waals surface area contributed by atoms with Crippen LogP contribution in [0.5, 0.6) is 5.75 Å². The smallest absolute Gasteiger partial charge is 0.205 e. The maximum absolute atomic E-state index is 14.1. The van der Waals surface area contributed by atoms with Gasteiger partial charge >= 0.3 is 0 Å². The molecule has 19 heavy (non-hydrogen) atoms. The molecular weight excluding hydrogens is 250 g/mol. The van der Waals surface area contributed by atoms with Crippen molar-refractivity contribution in [2.75, 3.05) is 0 Å². The van der Waals surface area contributed by atoms with Crippen LogP contribution in [-0.4, -0.2) is 6.10 Å². The van der Waals surface area contributed by atoms with Gasteiger partial charge in [0.2, 0.25) is 11.6 Å². The van der Waals surface area contributed by atoms with Crippen molar-refractivity contribution in [3.8, 4) is 5.75 Å². The summed E-state index contributed by atoms with van der Waals surface area (Å²) in [5.41, 5.74) is 0.740. The van der Waals surface area contributed by atoms with E-state index in [1.807, 2.05) is 0 Å². The molecule has 0 aliphatic carbocycles. The highest BCUT2D eigenvalue weighted by molar-refractivity contribution is 5.85. The average molecular weight is 266 g/mol. The Bertz CT molecular complexity index is 631. The van der Waals surface area contributed by atoms with Crippen LogP contribution in [0.1, 0.15) is 37.5 Å². The maximum Gasteiger partial charge on any atom is 0.205 e. The van der Waals surface area contributed by atoms with Gasteiger partial charge in [-0.2, -0.15) is 8.78 Å². The summed E-state index contributed by atoms with van der Waals surface area (Å²) < 4.78 is 38.9. The van der Waals surface area contributed by atoms with Crippen molar-refractivity contribution in [3.05, 3.63) is 29.0 Å². The van der Waals surface area contributed by atoms with Gasteiger partial charge in [-0.1, -0.05) is 13.3 Å². The summed E-state index contributed by atoms with van der Waals surface area (Å²) in [6.45, 7) is 3.78. The van der Waals surface area contributed by atoms with E-state index in [2.05, 4.69) is 6.92 Å². The maximum atomic E-state index is 14.1. The SMILES string of the molecule is CCCC1CCc2c(c(F)c(F)c3oc(C)cc23)O1. The Morgan fingerprint density at radius 1 is 1.32 bits per heavy atom. The Morgan fingerprint density at radius 2 is 2.11 bits per heavy atom. The zero-order valence-electron chi connectivity index (χ0n) is 11.1. The minimum Gasteiger partial charge on any atom is -0.487 e. The molecule has 0 amide bonds. The number of benzene rings is 1. The first-order valence-electron chi connectivity index (χ1n) is 6.68. The summed E-state index contributed by atoms with van der Waals surface area (Å²) in [5, 5.41) is 0.640. The summed E-state index contributed by atoms with van der Waals surface area (Å²) in [5.74, 6) is -1.20. The monoisotopic (exact) mass is 266 g/mol. The topological polar surface area (TPSA) is 22.4 Å². The van der Waals surface area contributed by atoms with Crippen molar-refractivity contribution in [1.82, 2.24) is 0 Å². The van der Waals surface area contributed by atoms with Gasteiger partial charge in [-0.15, -0.1) is 0 Å². The van der Waals surface area contributed by atoms with Crippen molar-refractivity contribution < 1.29 is 17.9 Å². The second-order valence-electron chi connectivity index (χ2n) is 5.10. The number of fused-ring (bicyclic) bond motifs is 3. The van der Waals surface area contributed by atoms with Crippen LogP contribution >= 0.6 is 0 Å². The predicted octanol–water partition coefficient (Wildman–Crippen LogP) is 4.51. The molecule has 1 unspecified atom stereocenters. The van der Waals surface area contributed by atoms with E-state index in [-0.39, 0.29) is 17.4 Å². The van der Waals surface area contributed by atoms with Gasteiger partial charge in [-0.3, -0.25) is 0 Å². The summed E-state index contributed by atoms with van der Waals surface area (Å²) in [6, 6.07) is 1.75. The molecule has 0 N–H and O–H groups in total. The third-order valence-corrected chi connectivity index (χ3v) is 3.66. The molecule has 0 fully saturated rings. The highest BCUT2D eigenvalue weighted by Crippen LogP contribution is 2.40. The van der Waals surface area contributed by atoms with Gasteiger partial charge in [0.05, 0.1) is 6.10 Å². The van der Waals surface area contributed by atoms with Crippen molar-refractivity contribution in [3.63, 3.8) is 0 Å². The first-order chi connectivity index (χ1) is 9.11. The number of aryl methyl sites for hydroxylation is 2. The van der Waals surface area contributed by atoms with Crippen molar-refractivity contribution >= 4 is 11.0 Å². The Balaban J connectivity index is 2.17. The molecule has 0 saturated heterocycles. The van der Waals surface area contributed by atoms with Gasteiger partial charge in [-0.25, -0.2) is 0 Å². The van der Waals surface area contributed by atoms with Gasteiger partial charge < -0.3 is 9.15 Å². The van der Waals surface area contributed by atoms with E-state index in [0.717, 1.165) is 24.8 Å². The van der Waals surface area contributed by atoms with Crippen LogP contribution in [0.4, 0.5) is 8.78 Å². The highest BCUT2D eigenvalue weighted by atomic mass is 19.2. The lowest BCUT2D eigenvalue weighted by Gasteiger charge is -2.26. The molecule has 1 atom stereocenters. The molecule has 2 nitrogen and oxygen atoms in total. The fraction of sp³-hybridized carbons (Fsp3) is 0.467. The van der Waals surface area contributed by atoms with E-state index < -0.39 is 11.6 Å². The van der Waals surface area contributed by atoms with Gasteiger partial charge in [0, 0.05) is 10.9 Å². The van der Waals surface area contributed by atoms with Crippen LogP contribution in [0.15, 0.2) is 10.5 Å². The fourth-order valence-corrected chi connectivity index (χ4v) is 2.78. The number of ether oxygens (including phenoxy) is 1. The number of furan rings is 1. The minimum atomic E-state index is -0.945. The summed E-state index contributed by atoms with van der Waals surface area (Å²) in [4.78, 5) is 0. The molecule has 4 heteroatoms. The second-order valence-corrected chi connectivity index (χ2v) is 5.10. The van der Waals surface area contributed by atoms with E-state index in [0.29, 0.717) is 17.6 Å². The third kappa shape index (κ3) is 1.90. The second kappa shape index (κ2) is 4.51. The number of hydrogen-bond donors (Lipinski definition) is 0. The molecule has 0 bridgehead atoms. The van der Waals surface area contributed by atoms with Gasteiger partial charge in [0.1, 0.15) is 5.76 Å². The Labute approximate surface area is 110 Å². The number of hydrogen-bond acceptors (Lipinski definition) is 2. The van der Waals surface area contributed by atoms with E-state index >= 15 is 0 Å². The van der Waals surface area contributed by atoms with Crippen LogP contribution < -0.4 is 4.74 Å². The van der Waals surface area contributed by atoms with Gasteiger partial charge in [0.25, 0.3) is 0 Å². The summed E-state index contributed by atoms with van der Waals surface area (Å²) in [6.07, 6.45) is 3.36. The van der Waals surface area contributed by atoms with E-state index in [1.54, 1.807) is 13.0 Å². The Kier molecular flexibility index (Phi) is 2.96. The zero-order valence-corrected chi connectivity index (χ0v) is 11.1. The van der Waals surface area contributed by atoms with E-state index in [1.165, 1.54) is 0 Å². The lowest BCUT2D eigenvalue weighted by atomic mass is 9.96. The summed E-state index contributed by atoms with van der Waals surface area (Å²) >= 11 is 0. The quantitative estimate of drug-likeness (QED) is 0.797. The lowest BCUT2D eigenvalue weighted by molar-refractivity contribution is 0.154. The lowest BCUT2D eigenvalue weighted by Crippen LogP contribution is -2.23. The largest absolute Gasteiger partial charge is 0.487 e. The van der Waals surface area contributed by atoms with Crippen LogP contribution in [0, 0.1) is 18.6 Å². The average Bonchev–Trinajstić information content (AvgIpc) is 2.78. The number of halogens is 2. The minimum absolute atomic E-state index is 0.00583. The Hall–Kier alpha value is -1.58. The molecule has 1 aliphatic rings. The van der Waals surface area contributed by atoms with Crippen molar-refractivity contribution in [2.45, 2.75) is 45.6 Å². The first-order valence-corrected chi connectivity index (χ1v) is 6.68. The van der Waals surface area contributed by atoms with E-state index in [9.17, 15) is 8.78 Å².